The first-order valence-electron chi connectivity index (χ1n) is 10.0. The number of carbonyl (C=O) groups is 3. The van der Waals surface area contributed by atoms with Crippen LogP contribution >= 0.6 is 0 Å². The average molecular weight is 476 g/mol. The molecule has 0 atom stereocenters. The Morgan fingerprint density at radius 3 is 1.40 bits per heavy atom. The van der Waals surface area contributed by atoms with E-state index in [-0.39, 0.29) is 39.9 Å². The van der Waals surface area contributed by atoms with E-state index in [1.807, 2.05) is 0 Å². The Hall–Kier alpha value is -5.25. The fourth-order valence-electron chi connectivity index (χ4n) is 2.90. The van der Waals surface area contributed by atoms with Gasteiger partial charge in [-0.05, 0) is 65.7 Å². The Morgan fingerprint density at radius 1 is 0.600 bits per heavy atom. The molecule has 3 aromatic carbocycles. The third-order valence-electron chi connectivity index (χ3n) is 4.57. The van der Waals surface area contributed by atoms with Gasteiger partial charge in [-0.25, -0.2) is 4.79 Å². The molecule has 0 fully saturated rings. The number of nitrogens with one attached hydrogen (secondary N) is 2. The summed E-state index contributed by atoms with van der Waals surface area (Å²) < 4.78 is 0. The smallest absolute Gasteiger partial charge is 0.335 e. The molecule has 7 N–H and O–H groups in total. The van der Waals surface area contributed by atoms with Crippen LogP contribution in [0.4, 0.5) is 11.4 Å². The zero-order chi connectivity index (χ0) is 25.5. The number of hydrogen-bond acceptors (Lipinski definition) is 7. The minimum atomic E-state index is -1.28. The number of anilines is 2. The summed E-state index contributed by atoms with van der Waals surface area (Å²) in [6, 6.07) is 11.8. The number of carbonyl (C=O) groups excluding carboxylic acids is 2. The Labute approximate surface area is 198 Å². The summed E-state index contributed by atoms with van der Waals surface area (Å²) in [5, 5.41) is 52.0. The van der Waals surface area contributed by atoms with Gasteiger partial charge in [0.15, 0.2) is 23.0 Å². The molecule has 0 aromatic heterocycles. The van der Waals surface area contributed by atoms with Gasteiger partial charge in [-0.1, -0.05) is 12.1 Å². The van der Waals surface area contributed by atoms with Crippen LogP contribution in [0.2, 0.25) is 0 Å². The van der Waals surface area contributed by atoms with E-state index in [0.29, 0.717) is 11.1 Å². The maximum Gasteiger partial charge on any atom is 0.335 e. The van der Waals surface area contributed by atoms with Crippen LogP contribution in [0.25, 0.3) is 12.2 Å². The molecule has 10 heteroatoms. The number of rotatable bonds is 7. The maximum atomic E-state index is 12.3. The Bertz CT molecular complexity index is 1270. The largest absolute Gasteiger partial charge is 0.504 e. The molecule has 3 aromatic rings. The topological polar surface area (TPSA) is 176 Å². The number of carboxylic acid groups (broad SMARTS) is 1. The zero-order valence-corrected chi connectivity index (χ0v) is 18.0. The Balaban J connectivity index is 1.73. The van der Waals surface area contributed by atoms with Crippen molar-refractivity contribution in [3.8, 4) is 23.0 Å². The van der Waals surface area contributed by atoms with Crippen molar-refractivity contribution in [1.29, 1.82) is 0 Å². The van der Waals surface area contributed by atoms with E-state index in [1.54, 1.807) is 0 Å². The standard InChI is InChI=1S/C25H20N2O8/c28-19-5-1-14(9-21(19)30)3-7-23(32)26-17-11-16(25(34)35)12-18(13-17)27-24(33)8-4-15-2-6-20(29)22(31)10-15/h1-13,28-31H,(H,26,32)(H,27,33)(H,34,35)/b7-3+,8-4+. The van der Waals surface area contributed by atoms with Gasteiger partial charge >= 0.3 is 5.97 Å². The summed E-state index contributed by atoms with van der Waals surface area (Å²) in [5.74, 6) is -3.79. The van der Waals surface area contributed by atoms with Crippen LogP contribution in [0.15, 0.2) is 66.7 Å². The van der Waals surface area contributed by atoms with Crippen LogP contribution in [0.3, 0.4) is 0 Å². The number of aromatic hydroxyl groups is 4. The van der Waals surface area contributed by atoms with Crippen molar-refractivity contribution in [3.05, 3.63) is 83.4 Å². The number of carboxylic acids is 1. The molecule has 178 valence electrons. The predicted molar refractivity (Wildman–Crippen MR) is 128 cm³/mol. The highest BCUT2D eigenvalue weighted by atomic mass is 16.4. The van der Waals surface area contributed by atoms with Gasteiger partial charge in [0.1, 0.15) is 0 Å². The van der Waals surface area contributed by atoms with E-state index in [1.165, 1.54) is 66.7 Å². The fourth-order valence-corrected chi connectivity index (χ4v) is 2.90. The first kappa shape index (κ1) is 24.4. The molecule has 0 spiro atoms. The van der Waals surface area contributed by atoms with Gasteiger partial charge in [0.25, 0.3) is 0 Å². The van der Waals surface area contributed by atoms with E-state index in [4.69, 9.17) is 0 Å². The molecular formula is C25H20N2O8. The highest BCUT2D eigenvalue weighted by Gasteiger charge is 2.10. The van der Waals surface area contributed by atoms with Crippen molar-refractivity contribution in [2.75, 3.05) is 10.6 Å². The number of amides is 2. The first-order chi connectivity index (χ1) is 16.6. The molecule has 0 heterocycles. The van der Waals surface area contributed by atoms with Gasteiger partial charge in [0.2, 0.25) is 11.8 Å². The fraction of sp³-hybridized carbons (Fsp3) is 0. The first-order valence-corrected chi connectivity index (χ1v) is 10.0. The normalized spacial score (nSPS) is 11.0. The van der Waals surface area contributed by atoms with Crippen molar-refractivity contribution >= 4 is 41.3 Å². The molecular weight excluding hydrogens is 456 g/mol. The van der Waals surface area contributed by atoms with Gasteiger partial charge in [0.05, 0.1) is 5.56 Å². The highest BCUT2D eigenvalue weighted by molar-refractivity contribution is 6.05. The van der Waals surface area contributed by atoms with Crippen LogP contribution in [0, 0.1) is 0 Å². The Morgan fingerprint density at radius 2 is 1.03 bits per heavy atom. The third-order valence-corrected chi connectivity index (χ3v) is 4.57. The highest BCUT2D eigenvalue weighted by Crippen LogP contribution is 2.26. The van der Waals surface area contributed by atoms with Gasteiger partial charge in [-0.15, -0.1) is 0 Å². The number of phenols is 4. The molecule has 10 nitrogen and oxygen atoms in total. The van der Waals surface area contributed by atoms with Crippen LogP contribution in [-0.2, 0) is 9.59 Å². The number of aromatic carboxylic acids is 1. The van der Waals surface area contributed by atoms with Crippen LogP contribution in [0.5, 0.6) is 23.0 Å². The van der Waals surface area contributed by atoms with Crippen molar-refractivity contribution in [1.82, 2.24) is 0 Å². The molecule has 3 rings (SSSR count). The number of benzene rings is 3. The van der Waals surface area contributed by atoms with Crippen molar-refractivity contribution in [2.24, 2.45) is 0 Å². The van der Waals surface area contributed by atoms with Gasteiger partial charge in [0, 0.05) is 23.5 Å². The zero-order valence-electron chi connectivity index (χ0n) is 18.0. The van der Waals surface area contributed by atoms with Gasteiger partial charge < -0.3 is 36.2 Å². The Kier molecular flexibility index (Phi) is 7.37. The summed E-state index contributed by atoms with van der Waals surface area (Å²) in [6.07, 6.45) is 5.05. The van der Waals surface area contributed by atoms with Crippen LogP contribution in [0.1, 0.15) is 21.5 Å². The molecule has 0 aliphatic carbocycles. The molecule has 0 aliphatic heterocycles. The molecule has 0 unspecified atom stereocenters. The molecule has 0 saturated heterocycles. The van der Waals surface area contributed by atoms with Crippen molar-refractivity contribution in [2.45, 2.75) is 0 Å². The summed E-state index contributed by atoms with van der Waals surface area (Å²) in [6.45, 7) is 0. The molecule has 2 amide bonds. The molecule has 0 bridgehead atoms. The van der Waals surface area contributed by atoms with E-state index < -0.39 is 17.8 Å². The lowest BCUT2D eigenvalue weighted by atomic mass is 10.1. The monoisotopic (exact) mass is 476 g/mol. The van der Waals surface area contributed by atoms with Crippen LogP contribution in [-0.4, -0.2) is 43.3 Å². The molecule has 0 aliphatic rings. The van der Waals surface area contributed by atoms with E-state index in [9.17, 15) is 39.9 Å². The lowest BCUT2D eigenvalue weighted by molar-refractivity contribution is -0.112. The predicted octanol–water partition coefficient (Wildman–Crippen LogP) is 3.51. The summed E-state index contributed by atoms with van der Waals surface area (Å²) in [4.78, 5) is 36.0. The summed E-state index contributed by atoms with van der Waals surface area (Å²) in [7, 11) is 0. The second kappa shape index (κ2) is 10.6. The van der Waals surface area contributed by atoms with E-state index >= 15 is 0 Å². The summed E-state index contributed by atoms with van der Waals surface area (Å²) in [5.41, 5.74) is 0.914. The lowest BCUT2D eigenvalue weighted by Crippen LogP contribution is -2.12. The van der Waals surface area contributed by atoms with Gasteiger partial charge in [-0.3, -0.25) is 9.59 Å². The average Bonchev–Trinajstić information content (AvgIpc) is 2.80. The van der Waals surface area contributed by atoms with Crippen molar-refractivity contribution < 1.29 is 39.9 Å². The molecule has 0 saturated carbocycles. The quantitative estimate of drug-likeness (QED) is 0.200. The van der Waals surface area contributed by atoms with E-state index in [0.717, 1.165) is 12.2 Å². The summed E-state index contributed by atoms with van der Waals surface area (Å²) >= 11 is 0. The maximum absolute atomic E-state index is 12.3. The molecule has 0 radical (unpaired) electrons. The number of hydrogen-bond donors (Lipinski definition) is 7. The minimum Gasteiger partial charge on any atom is -0.504 e. The van der Waals surface area contributed by atoms with E-state index in [2.05, 4.69) is 10.6 Å². The molecule has 35 heavy (non-hydrogen) atoms. The third kappa shape index (κ3) is 6.86. The van der Waals surface area contributed by atoms with Crippen molar-refractivity contribution in [3.63, 3.8) is 0 Å². The van der Waals surface area contributed by atoms with Crippen LogP contribution < -0.4 is 10.6 Å². The minimum absolute atomic E-state index is 0.107. The SMILES string of the molecule is O=C(/C=C/c1ccc(O)c(O)c1)Nc1cc(NC(=O)/C=C/c2ccc(O)c(O)c2)cc(C(=O)O)c1. The second-order valence-corrected chi connectivity index (χ2v) is 7.25. The second-order valence-electron chi connectivity index (χ2n) is 7.25. The lowest BCUT2D eigenvalue weighted by Gasteiger charge is -2.09. The number of phenolic OH excluding ortho intramolecular Hbond substituents is 4. The van der Waals surface area contributed by atoms with Gasteiger partial charge in [-0.2, -0.15) is 0 Å².